The fourth-order valence-corrected chi connectivity index (χ4v) is 3.83. The lowest BCUT2D eigenvalue weighted by molar-refractivity contribution is 0.0950. The lowest BCUT2D eigenvalue weighted by Crippen LogP contribution is -2.31. The zero-order chi connectivity index (χ0) is 17.2. The lowest BCUT2D eigenvalue weighted by Gasteiger charge is -2.03. The van der Waals surface area contributed by atoms with Crippen LogP contribution in [0.5, 0.6) is 0 Å². The van der Waals surface area contributed by atoms with E-state index in [0.717, 1.165) is 23.6 Å². The highest BCUT2D eigenvalue weighted by Crippen LogP contribution is 2.31. The minimum absolute atomic E-state index is 0.109. The van der Waals surface area contributed by atoms with Crippen LogP contribution in [0.2, 0.25) is 0 Å². The molecule has 0 unspecified atom stereocenters. The van der Waals surface area contributed by atoms with Gasteiger partial charge >= 0.3 is 0 Å². The van der Waals surface area contributed by atoms with Crippen molar-refractivity contribution in [3.63, 3.8) is 0 Å². The summed E-state index contributed by atoms with van der Waals surface area (Å²) in [7, 11) is 0. The van der Waals surface area contributed by atoms with Crippen molar-refractivity contribution in [2.45, 2.75) is 25.7 Å². The fraction of sp³-hybridized carbons (Fsp3) is 0.316. The Labute approximate surface area is 149 Å². The van der Waals surface area contributed by atoms with Gasteiger partial charge in [0.15, 0.2) is 4.96 Å². The van der Waals surface area contributed by atoms with Crippen LogP contribution in [0.15, 0.2) is 47.5 Å². The van der Waals surface area contributed by atoms with Crippen molar-refractivity contribution >= 4 is 22.2 Å². The summed E-state index contributed by atoms with van der Waals surface area (Å²) in [6.07, 6.45) is 7.44. The standard InChI is InChI=1S/C19H19N3O2S/c23-17(20-9-8-13-6-7-13)16-11-21-19-22(18(16)24)12-15(25-19)10-14-4-2-1-3-5-14/h1-5,11-13H,6-10H2,(H,20,23). The summed E-state index contributed by atoms with van der Waals surface area (Å²) in [4.78, 5) is 30.8. The van der Waals surface area contributed by atoms with E-state index in [4.69, 9.17) is 0 Å². The Bertz CT molecular complexity index is 958. The predicted molar refractivity (Wildman–Crippen MR) is 98.3 cm³/mol. The van der Waals surface area contributed by atoms with E-state index in [1.54, 1.807) is 6.20 Å². The number of aromatic nitrogens is 2. The van der Waals surface area contributed by atoms with Crippen molar-refractivity contribution in [1.82, 2.24) is 14.7 Å². The van der Waals surface area contributed by atoms with Gasteiger partial charge in [-0.05, 0) is 17.9 Å². The molecule has 2 heterocycles. The van der Waals surface area contributed by atoms with Crippen LogP contribution >= 0.6 is 11.3 Å². The minimum atomic E-state index is -0.330. The molecular weight excluding hydrogens is 334 g/mol. The van der Waals surface area contributed by atoms with Crippen LogP contribution in [0.25, 0.3) is 4.96 Å². The molecule has 0 atom stereocenters. The monoisotopic (exact) mass is 353 g/mol. The molecule has 6 heteroatoms. The first kappa shape index (κ1) is 16.0. The van der Waals surface area contributed by atoms with E-state index in [9.17, 15) is 9.59 Å². The average Bonchev–Trinajstić information content (AvgIpc) is 3.34. The Hall–Kier alpha value is -2.47. The minimum Gasteiger partial charge on any atom is -0.352 e. The van der Waals surface area contributed by atoms with Crippen LogP contribution in [0.1, 0.15) is 40.1 Å². The lowest BCUT2D eigenvalue weighted by atomic mass is 10.1. The Balaban J connectivity index is 1.54. The SMILES string of the molecule is O=C(NCCC1CC1)c1cnc2sc(Cc3ccccc3)cn2c1=O. The molecule has 128 valence electrons. The number of nitrogens with zero attached hydrogens (tertiary/aromatic N) is 2. The van der Waals surface area contributed by atoms with Gasteiger partial charge in [0.1, 0.15) is 5.56 Å². The molecule has 1 amide bonds. The van der Waals surface area contributed by atoms with E-state index in [1.165, 1.54) is 40.3 Å². The topological polar surface area (TPSA) is 63.5 Å². The molecule has 1 aliphatic rings. The maximum absolute atomic E-state index is 12.6. The van der Waals surface area contributed by atoms with Crippen LogP contribution in [-0.2, 0) is 6.42 Å². The highest BCUT2D eigenvalue weighted by atomic mass is 32.1. The number of amides is 1. The zero-order valence-electron chi connectivity index (χ0n) is 13.8. The molecule has 1 aromatic carbocycles. The van der Waals surface area contributed by atoms with E-state index in [0.29, 0.717) is 11.5 Å². The van der Waals surface area contributed by atoms with Crippen LogP contribution < -0.4 is 10.9 Å². The van der Waals surface area contributed by atoms with Crippen LogP contribution in [0.4, 0.5) is 0 Å². The number of carbonyl (C=O) groups excluding carboxylic acids is 1. The van der Waals surface area contributed by atoms with Crippen molar-refractivity contribution in [2.24, 2.45) is 5.92 Å². The number of thiazole rings is 1. The van der Waals surface area contributed by atoms with E-state index < -0.39 is 0 Å². The maximum Gasteiger partial charge on any atom is 0.271 e. The molecule has 25 heavy (non-hydrogen) atoms. The Morgan fingerprint density at radius 1 is 1.28 bits per heavy atom. The van der Waals surface area contributed by atoms with Gasteiger partial charge in [-0.1, -0.05) is 43.2 Å². The number of hydrogen-bond acceptors (Lipinski definition) is 4. The first-order valence-corrected chi connectivity index (χ1v) is 9.34. The smallest absolute Gasteiger partial charge is 0.271 e. The molecule has 1 saturated carbocycles. The largest absolute Gasteiger partial charge is 0.352 e. The molecule has 0 spiro atoms. The van der Waals surface area contributed by atoms with Gasteiger partial charge in [0, 0.05) is 30.2 Å². The number of nitrogens with one attached hydrogen (secondary N) is 1. The van der Waals surface area contributed by atoms with Crippen LogP contribution in [-0.4, -0.2) is 21.8 Å². The molecular formula is C19H19N3O2S. The van der Waals surface area contributed by atoms with Gasteiger partial charge in [0.05, 0.1) is 0 Å². The van der Waals surface area contributed by atoms with Crippen molar-refractivity contribution in [3.8, 4) is 0 Å². The summed E-state index contributed by atoms with van der Waals surface area (Å²) in [5.74, 6) is 0.419. The highest BCUT2D eigenvalue weighted by Gasteiger charge is 2.21. The first-order chi connectivity index (χ1) is 12.2. The second-order valence-corrected chi connectivity index (χ2v) is 7.57. The van der Waals surface area contributed by atoms with Gasteiger partial charge in [-0.3, -0.25) is 14.0 Å². The molecule has 0 aliphatic heterocycles. The van der Waals surface area contributed by atoms with Gasteiger partial charge in [0.25, 0.3) is 11.5 Å². The normalized spacial score (nSPS) is 13.9. The average molecular weight is 353 g/mol. The van der Waals surface area contributed by atoms with E-state index in [2.05, 4.69) is 22.4 Å². The third-order valence-corrected chi connectivity index (χ3v) is 5.45. The summed E-state index contributed by atoms with van der Waals surface area (Å²) >= 11 is 1.48. The number of rotatable bonds is 6. The van der Waals surface area contributed by atoms with Gasteiger partial charge in [-0.15, -0.1) is 11.3 Å². The number of fused-ring (bicyclic) bond motifs is 1. The molecule has 5 nitrogen and oxygen atoms in total. The van der Waals surface area contributed by atoms with Gasteiger partial charge in [-0.2, -0.15) is 0 Å². The molecule has 1 aliphatic carbocycles. The third-order valence-electron chi connectivity index (χ3n) is 4.46. The Morgan fingerprint density at radius 3 is 2.84 bits per heavy atom. The third kappa shape index (κ3) is 3.64. The van der Waals surface area contributed by atoms with Gasteiger partial charge in [-0.25, -0.2) is 4.98 Å². The predicted octanol–water partition coefficient (Wildman–Crippen LogP) is 2.88. The summed E-state index contributed by atoms with van der Waals surface area (Å²) in [6.45, 7) is 0.620. The van der Waals surface area contributed by atoms with E-state index >= 15 is 0 Å². The molecule has 4 rings (SSSR count). The van der Waals surface area contributed by atoms with Crippen LogP contribution in [0, 0.1) is 5.92 Å². The van der Waals surface area contributed by atoms with Crippen molar-refractivity contribution in [2.75, 3.05) is 6.54 Å². The molecule has 3 aromatic rings. The quantitative estimate of drug-likeness (QED) is 0.741. The maximum atomic E-state index is 12.6. The summed E-state index contributed by atoms with van der Waals surface area (Å²) in [5.41, 5.74) is 0.988. The second kappa shape index (κ2) is 6.80. The Kier molecular flexibility index (Phi) is 4.36. The zero-order valence-corrected chi connectivity index (χ0v) is 14.6. The second-order valence-electron chi connectivity index (χ2n) is 6.48. The van der Waals surface area contributed by atoms with Crippen molar-refractivity contribution < 1.29 is 4.79 Å². The van der Waals surface area contributed by atoms with E-state index in [1.807, 2.05) is 18.2 Å². The first-order valence-electron chi connectivity index (χ1n) is 8.53. The molecule has 1 fully saturated rings. The van der Waals surface area contributed by atoms with Gasteiger partial charge < -0.3 is 5.32 Å². The van der Waals surface area contributed by atoms with Crippen LogP contribution in [0.3, 0.4) is 0 Å². The van der Waals surface area contributed by atoms with Crippen molar-refractivity contribution in [1.29, 1.82) is 0 Å². The summed E-state index contributed by atoms with van der Waals surface area (Å²) in [6, 6.07) is 10.1. The molecule has 2 aromatic heterocycles. The fourth-order valence-electron chi connectivity index (χ4n) is 2.86. The highest BCUT2D eigenvalue weighted by molar-refractivity contribution is 7.17. The molecule has 0 radical (unpaired) electrons. The summed E-state index contributed by atoms with van der Waals surface area (Å²) in [5, 5.41) is 2.83. The molecule has 1 N–H and O–H groups in total. The molecule has 0 saturated heterocycles. The van der Waals surface area contributed by atoms with Gasteiger partial charge in [0.2, 0.25) is 0 Å². The van der Waals surface area contributed by atoms with Crippen molar-refractivity contribution in [3.05, 3.63) is 69.1 Å². The van der Waals surface area contributed by atoms with E-state index in [-0.39, 0.29) is 17.0 Å². The number of carbonyl (C=O) groups is 1. The number of benzene rings is 1. The molecule has 0 bridgehead atoms. The summed E-state index contributed by atoms with van der Waals surface area (Å²) < 4.78 is 1.48. The Morgan fingerprint density at radius 2 is 2.08 bits per heavy atom. The number of hydrogen-bond donors (Lipinski definition) is 1.